The lowest BCUT2D eigenvalue weighted by Gasteiger charge is -2.26. The molecule has 0 spiro atoms. The van der Waals surface area contributed by atoms with E-state index in [2.05, 4.69) is 20.9 Å². The second-order valence-electron chi connectivity index (χ2n) is 6.00. The standard InChI is InChI=1S/C19H18FN3O/c20-17-3-2-15-9-16(12-22-19(15)10-17)18-4-1-14(11-21-18)13-23-5-7-24-8-6-23/h1-4,9-12H,5-8,13H2. The fraction of sp³-hybridized carbons (Fsp3) is 0.263. The van der Waals surface area contributed by atoms with Crippen molar-refractivity contribution in [3.63, 3.8) is 0 Å². The summed E-state index contributed by atoms with van der Waals surface area (Å²) in [5.41, 5.74) is 3.66. The molecular weight excluding hydrogens is 305 g/mol. The number of fused-ring (bicyclic) bond motifs is 1. The van der Waals surface area contributed by atoms with Gasteiger partial charge in [0.1, 0.15) is 5.82 Å². The first-order valence-electron chi connectivity index (χ1n) is 8.09. The van der Waals surface area contributed by atoms with Gasteiger partial charge in [0.05, 0.1) is 24.4 Å². The number of halogens is 1. The minimum atomic E-state index is -0.270. The molecule has 0 N–H and O–H groups in total. The molecular formula is C19H18FN3O. The van der Waals surface area contributed by atoms with Crippen LogP contribution in [0.1, 0.15) is 5.56 Å². The molecule has 0 aliphatic carbocycles. The first-order chi connectivity index (χ1) is 11.8. The van der Waals surface area contributed by atoms with Crippen LogP contribution in [0.4, 0.5) is 4.39 Å². The summed E-state index contributed by atoms with van der Waals surface area (Å²) < 4.78 is 18.6. The predicted molar refractivity (Wildman–Crippen MR) is 91.0 cm³/mol. The van der Waals surface area contributed by atoms with E-state index in [1.807, 2.05) is 18.3 Å². The summed E-state index contributed by atoms with van der Waals surface area (Å²) in [4.78, 5) is 11.3. The zero-order valence-electron chi connectivity index (χ0n) is 13.3. The van der Waals surface area contributed by atoms with Crippen LogP contribution in [0.2, 0.25) is 0 Å². The molecule has 1 aliphatic rings. The maximum absolute atomic E-state index is 13.2. The van der Waals surface area contributed by atoms with Crippen LogP contribution in [0.15, 0.2) is 48.8 Å². The molecule has 2 aromatic heterocycles. The van der Waals surface area contributed by atoms with Gasteiger partial charge in [-0.2, -0.15) is 0 Å². The van der Waals surface area contributed by atoms with Crippen LogP contribution in [0.5, 0.6) is 0 Å². The van der Waals surface area contributed by atoms with Crippen molar-refractivity contribution in [3.05, 3.63) is 60.2 Å². The number of pyridine rings is 2. The van der Waals surface area contributed by atoms with Gasteiger partial charge in [-0.3, -0.25) is 14.9 Å². The van der Waals surface area contributed by atoms with Crippen molar-refractivity contribution in [3.8, 4) is 11.3 Å². The highest BCUT2D eigenvalue weighted by Gasteiger charge is 2.11. The molecule has 0 radical (unpaired) electrons. The third-order valence-corrected chi connectivity index (χ3v) is 4.28. The molecule has 3 heterocycles. The fourth-order valence-corrected chi connectivity index (χ4v) is 2.94. The third-order valence-electron chi connectivity index (χ3n) is 4.28. The number of aromatic nitrogens is 2. The smallest absolute Gasteiger partial charge is 0.125 e. The van der Waals surface area contributed by atoms with Crippen LogP contribution >= 0.6 is 0 Å². The largest absolute Gasteiger partial charge is 0.379 e. The number of nitrogens with zero attached hydrogens (tertiary/aromatic N) is 3. The summed E-state index contributed by atoms with van der Waals surface area (Å²) in [7, 11) is 0. The van der Waals surface area contributed by atoms with Gasteiger partial charge in [0.2, 0.25) is 0 Å². The van der Waals surface area contributed by atoms with E-state index in [1.165, 1.54) is 17.7 Å². The average Bonchev–Trinajstić information content (AvgIpc) is 2.63. The Balaban J connectivity index is 1.54. The van der Waals surface area contributed by atoms with Gasteiger partial charge in [-0.15, -0.1) is 0 Å². The Morgan fingerprint density at radius 2 is 1.88 bits per heavy atom. The second kappa shape index (κ2) is 6.63. The number of hydrogen-bond acceptors (Lipinski definition) is 4. The molecule has 24 heavy (non-hydrogen) atoms. The van der Waals surface area contributed by atoms with Gasteiger partial charge in [-0.25, -0.2) is 4.39 Å². The maximum Gasteiger partial charge on any atom is 0.125 e. The van der Waals surface area contributed by atoms with Crippen molar-refractivity contribution in [1.82, 2.24) is 14.9 Å². The van der Waals surface area contributed by atoms with Crippen molar-refractivity contribution in [1.29, 1.82) is 0 Å². The lowest BCUT2D eigenvalue weighted by atomic mass is 10.1. The van der Waals surface area contributed by atoms with Gasteiger partial charge in [0.15, 0.2) is 0 Å². The lowest BCUT2D eigenvalue weighted by molar-refractivity contribution is 0.0341. The van der Waals surface area contributed by atoms with E-state index in [0.29, 0.717) is 5.52 Å². The predicted octanol–water partition coefficient (Wildman–Crippen LogP) is 3.27. The number of rotatable bonds is 3. The Hall–Kier alpha value is -2.37. The highest BCUT2D eigenvalue weighted by molar-refractivity contribution is 5.82. The van der Waals surface area contributed by atoms with Crippen LogP contribution in [0.25, 0.3) is 22.2 Å². The zero-order chi connectivity index (χ0) is 16.4. The topological polar surface area (TPSA) is 38.2 Å². The Morgan fingerprint density at radius 3 is 2.67 bits per heavy atom. The van der Waals surface area contributed by atoms with Gasteiger partial charge in [-0.05, 0) is 29.8 Å². The molecule has 1 saturated heterocycles. The van der Waals surface area contributed by atoms with Gasteiger partial charge in [0.25, 0.3) is 0 Å². The first kappa shape index (κ1) is 15.2. The fourth-order valence-electron chi connectivity index (χ4n) is 2.94. The van der Waals surface area contributed by atoms with Crippen LogP contribution in [0.3, 0.4) is 0 Å². The summed E-state index contributed by atoms with van der Waals surface area (Å²) >= 11 is 0. The number of ether oxygens (including phenoxy) is 1. The SMILES string of the molecule is Fc1ccc2cc(-c3ccc(CN4CCOCC4)cn3)cnc2c1. The molecule has 0 amide bonds. The average molecular weight is 323 g/mol. The van der Waals surface area contributed by atoms with Gasteiger partial charge < -0.3 is 4.74 Å². The summed E-state index contributed by atoms with van der Waals surface area (Å²) in [6.07, 6.45) is 3.66. The molecule has 1 fully saturated rings. The van der Waals surface area contributed by atoms with Crippen LogP contribution < -0.4 is 0 Å². The van der Waals surface area contributed by atoms with E-state index in [-0.39, 0.29) is 5.82 Å². The quantitative estimate of drug-likeness (QED) is 0.741. The summed E-state index contributed by atoms with van der Waals surface area (Å²) in [6, 6.07) is 10.7. The minimum Gasteiger partial charge on any atom is -0.379 e. The molecule has 0 atom stereocenters. The molecule has 0 bridgehead atoms. The van der Waals surface area contributed by atoms with Crippen molar-refractivity contribution in [2.45, 2.75) is 6.54 Å². The van der Waals surface area contributed by atoms with E-state index in [0.717, 1.165) is 49.5 Å². The summed E-state index contributed by atoms with van der Waals surface area (Å²) in [5.74, 6) is -0.270. The molecule has 122 valence electrons. The highest BCUT2D eigenvalue weighted by atomic mass is 19.1. The number of hydrogen-bond donors (Lipinski definition) is 0. The monoisotopic (exact) mass is 323 g/mol. The molecule has 0 unspecified atom stereocenters. The van der Waals surface area contributed by atoms with E-state index in [4.69, 9.17) is 4.74 Å². The van der Waals surface area contributed by atoms with Crippen molar-refractivity contribution in [2.75, 3.05) is 26.3 Å². The molecule has 4 rings (SSSR count). The number of morpholine rings is 1. The lowest BCUT2D eigenvalue weighted by Crippen LogP contribution is -2.35. The van der Waals surface area contributed by atoms with Crippen molar-refractivity contribution in [2.24, 2.45) is 0 Å². The normalized spacial score (nSPS) is 15.7. The van der Waals surface area contributed by atoms with Crippen LogP contribution in [-0.4, -0.2) is 41.2 Å². The van der Waals surface area contributed by atoms with E-state index >= 15 is 0 Å². The Kier molecular flexibility index (Phi) is 4.19. The second-order valence-corrected chi connectivity index (χ2v) is 6.00. The molecule has 1 aliphatic heterocycles. The summed E-state index contributed by atoms with van der Waals surface area (Å²) in [5, 5.41) is 0.910. The zero-order valence-corrected chi connectivity index (χ0v) is 13.3. The minimum absolute atomic E-state index is 0.270. The number of benzene rings is 1. The van der Waals surface area contributed by atoms with Crippen molar-refractivity contribution < 1.29 is 9.13 Å². The Morgan fingerprint density at radius 1 is 1.00 bits per heavy atom. The third kappa shape index (κ3) is 3.27. The molecule has 4 nitrogen and oxygen atoms in total. The van der Waals surface area contributed by atoms with E-state index < -0.39 is 0 Å². The summed E-state index contributed by atoms with van der Waals surface area (Å²) in [6.45, 7) is 4.43. The van der Waals surface area contributed by atoms with Crippen molar-refractivity contribution >= 4 is 10.9 Å². The van der Waals surface area contributed by atoms with E-state index in [9.17, 15) is 4.39 Å². The van der Waals surface area contributed by atoms with Gasteiger partial charge in [0, 0.05) is 49.0 Å². The van der Waals surface area contributed by atoms with Gasteiger partial charge in [-0.1, -0.05) is 6.07 Å². The maximum atomic E-state index is 13.2. The highest BCUT2D eigenvalue weighted by Crippen LogP contribution is 2.22. The van der Waals surface area contributed by atoms with Crippen LogP contribution in [0, 0.1) is 5.82 Å². The van der Waals surface area contributed by atoms with Gasteiger partial charge >= 0.3 is 0 Å². The Bertz CT molecular complexity index is 845. The molecule has 3 aromatic rings. The Labute approximate surface area is 139 Å². The first-order valence-corrected chi connectivity index (χ1v) is 8.09. The molecule has 1 aromatic carbocycles. The van der Waals surface area contributed by atoms with Crippen LogP contribution in [-0.2, 0) is 11.3 Å². The molecule has 5 heteroatoms. The molecule has 0 saturated carbocycles. The van der Waals surface area contributed by atoms with E-state index in [1.54, 1.807) is 12.3 Å².